The number of fused-ring (bicyclic) bond motifs is 1. The minimum Gasteiger partial charge on any atom is -0.493 e. The summed E-state index contributed by atoms with van der Waals surface area (Å²) in [5.74, 6) is 2.16. The average Bonchev–Trinajstić information content (AvgIpc) is 3.77. The first-order valence-corrected chi connectivity index (χ1v) is 18.4. The first-order valence-electron chi connectivity index (χ1n) is 17.7. The molecule has 1 N–H and O–H groups in total. The number of nitrogens with zero attached hydrogens (tertiary/aromatic N) is 5. The highest BCUT2D eigenvalue weighted by molar-refractivity contribution is 6.42. The van der Waals surface area contributed by atoms with Crippen LogP contribution in [-0.2, 0) is 12.0 Å². The number of pyridine rings is 1. The number of hydrogen-bond acceptors (Lipinski definition) is 8. The smallest absolute Gasteiger partial charge is 0.254 e. The number of para-hydroxylation sites is 2. The third-order valence-electron chi connectivity index (χ3n) is 10.6. The zero-order valence-electron chi connectivity index (χ0n) is 29.8. The van der Waals surface area contributed by atoms with Crippen LogP contribution in [0.1, 0.15) is 47.2 Å². The topological polar surface area (TPSA) is 94.0 Å². The summed E-state index contributed by atoms with van der Waals surface area (Å²) >= 11 is 12.9. The number of amides is 1. The van der Waals surface area contributed by atoms with Crippen LogP contribution in [0.5, 0.6) is 17.2 Å². The molecule has 272 valence electrons. The van der Waals surface area contributed by atoms with Crippen molar-refractivity contribution in [1.82, 2.24) is 24.3 Å². The van der Waals surface area contributed by atoms with E-state index in [1.807, 2.05) is 35.4 Å². The van der Waals surface area contributed by atoms with Crippen LogP contribution in [0.25, 0.3) is 11.0 Å². The normalized spacial score (nSPS) is 18.1. The molecule has 2 aliphatic heterocycles. The SMILES string of the molecule is COc1cc(C(=O)N2CCC(CCN3CCC(Nc4nc5ccccc5n4Cc4cccnc4)CC3)(c3ccc(Cl)c(Cl)c3)C2)cc(OC)c1OC. The number of rotatable bonds is 12. The Balaban J connectivity index is 1.04. The molecule has 0 spiro atoms. The molecule has 1 atom stereocenters. The van der Waals surface area contributed by atoms with Crippen molar-refractivity contribution in [2.45, 2.75) is 43.7 Å². The van der Waals surface area contributed by atoms with E-state index >= 15 is 0 Å². The lowest BCUT2D eigenvalue weighted by atomic mass is 9.76. The summed E-state index contributed by atoms with van der Waals surface area (Å²) in [4.78, 5) is 27.8. The number of benzene rings is 3. The molecule has 0 aliphatic carbocycles. The predicted molar refractivity (Wildman–Crippen MR) is 206 cm³/mol. The molecular weight excluding hydrogens is 699 g/mol. The van der Waals surface area contributed by atoms with E-state index in [-0.39, 0.29) is 11.3 Å². The van der Waals surface area contributed by atoms with Gasteiger partial charge in [-0.3, -0.25) is 9.78 Å². The van der Waals surface area contributed by atoms with E-state index < -0.39 is 0 Å². The van der Waals surface area contributed by atoms with E-state index in [0.717, 1.165) is 73.4 Å². The summed E-state index contributed by atoms with van der Waals surface area (Å²) in [5.41, 5.74) is 4.53. The van der Waals surface area contributed by atoms with Gasteiger partial charge in [-0.05, 0) is 85.8 Å². The second kappa shape index (κ2) is 15.6. The highest BCUT2D eigenvalue weighted by Crippen LogP contribution is 2.43. The van der Waals surface area contributed by atoms with Crippen molar-refractivity contribution in [2.24, 2.45) is 0 Å². The number of imidazole rings is 1. The molecule has 2 aromatic heterocycles. The summed E-state index contributed by atoms with van der Waals surface area (Å²) in [6.45, 7) is 4.70. The number of aromatic nitrogens is 3. The van der Waals surface area contributed by atoms with Gasteiger partial charge in [-0.25, -0.2) is 4.98 Å². The van der Waals surface area contributed by atoms with Crippen molar-refractivity contribution >= 4 is 46.1 Å². The number of hydrogen-bond donors (Lipinski definition) is 1. The van der Waals surface area contributed by atoms with Gasteiger partial charge in [0.05, 0.1) is 49.0 Å². The first kappa shape index (κ1) is 35.9. The third-order valence-corrected chi connectivity index (χ3v) is 11.4. The molecule has 5 aromatic rings. The van der Waals surface area contributed by atoms with Gasteiger partial charge in [-0.1, -0.05) is 47.5 Å². The first-order chi connectivity index (χ1) is 25.3. The maximum atomic E-state index is 14.0. The fraction of sp³-hybridized carbons (Fsp3) is 0.375. The monoisotopic (exact) mass is 742 g/mol. The van der Waals surface area contributed by atoms with Crippen LogP contribution in [-0.4, -0.2) is 90.3 Å². The molecule has 1 amide bonds. The minimum atomic E-state index is -0.281. The van der Waals surface area contributed by atoms with E-state index in [2.05, 4.69) is 50.1 Å². The Morgan fingerprint density at radius 2 is 1.69 bits per heavy atom. The third kappa shape index (κ3) is 7.38. The van der Waals surface area contributed by atoms with Crippen molar-refractivity contribution in [3.63, 3.8) is 0 Å². The zero-order valence-corrected chi connectivity index (χ0v) is 31.3. The van der Waals surface area contributed by atoms with Gasteiger partial charge in [0.15, 0.2) is 11.5 Å². The Bertz CT molecular complexity index is 2010. The molecule has 52 heavy (non-hydrogen) atoms. The predicted octanol–water partition coefficient (Wildman–Crippen LogP) is 7.56. The van der Waals surface area contributed by atoms with Gasteiger partial charge in [0.25, 0.3) is 5.91 Å². The van der Waals surface area contributed by atoms with E-state index in [9.17, 15) is 4.79 Å². The van der Waals surface area contributed by atoms with Crippen molar-refractivity contribution < 1.29 is 19.0 Å². The number of likely N-dealkylation sites (tertiary alicyclic amines) is 2. The number of ether oxygens (including phenoxy) is 3. The van der Waals surface area contributed by atoms with Crippen LogP contribution in [0.4, 0.5) is 5.95 Å². The van der Waals surface area contributed by atoms with Crippen LogP contribution in [0.2, 0.25) is 10.0 Å². The maximum Gasteiger partial charge on any atom is 0.254 e. The highest BCUT2D eigenvalue weighted by Gasteiger charge is 2.42. The molecule has 10 nitrogen and oxygen atoms in total. The number of methoxy groups -OCH3 is 3. The quantitative estimate of drug-likeness (QED) is 0.140. The van der Waals surface area contributed by atoms with Crippen molar-refractivity contribution in [2.75, 3.05) is 59.4 Å². The number of anilines is 1. The van der Waals surface area contributed by atoms with Gasteiger partial charge in [-0.2, -0.15) is 0 Å². The van der Waals surface area contributed by atoms with Crippen LogP contribution < -0.4 is 19.5 Å². The molecule has 12 heteroatoms. The number of halogens is 2. The summed E-state index contributed by atoms with van der Waals surface area (Å²) in [6.07, 6.45) is 7.40. The van der Waals surface area contributed by atoms with Crippen molar-refractivity contribution in [3.8, 4) is 17.2 Å². The lowest BCUT2D eigenvalue weighted by molar-refractivity contribution is 0.0779. The van der Waals surface area contributed by atoms with Gasteiger partial charge < -0.3 is 33.9 Å². The van der Waals surface area contributed by atoms with E-state index in [1.54, 1.807) is 39.7 Å². The van der Waals surface area contributed by atoms with Gasteiger partial charge in [0.2, 0.25) is 11.7 Å². The van der Waals surface area contributed by atoms with Crippen LogP contribution >= 0.6 is 23.2 Å². The van der Waals surface area contributed by atoms with Crippen molar-refractivity contribution in [1.29, 1.82) is 0 Å². The lowest BCUT2D eigenvalue weighted by Gasteiger charge is -2.36. The fourth-order valence-corrected chi connectivity index (χ4v) is 8.02. The second-order valence-corrected chi connectivity index (χ2v) is 14.5. The van der Waals surface area contributed by atoms with Crippen LogP contribution in [0, 0.1) is 0 Å². The average molecular weight is 744 g/mol. The largest absolute Gasteiger partial charge is 0.493 e. The Morgan fingerprint density at radius 3 is 2.38 bits per heavy atom. The molecule has 4 heterocycles. The van der Waals surface area contributed by atoms with Crippen LogP contribution in [0.3, 0.4) is 0 Å². The number of carbonyl (C=O) groups is 1. The standard InChI is InChI=1S/C40H44Cl2N6O4/c1-50-35-21-28(22-36(51-2)37(35)52-3)38(49)47-20-15-40(26-47,29-10-11-31(41)32(42)23-29)14-19-46-17-12-30(13-18-46)44-39-45-33-8-4-5-9-34(33)48(39)25-27-7-6-16-43-24-27/h4-11,16,21-24,30H,12-15,17-20,25-26H2,1-3H3,(H,44,45). The van der Waals surface area contributed by atoms with Crippen LogP contribution in [0.15, 0.2) is 79.1 Å². The molecular formula is C40H44Cl2N6O4. The van der Waals surface area contributed by atoms with Gasteiger partial charge >= 0.3 is 0 Å². The van der Waals surface area contributed by atoms with Gasteiger partial charge in [0.1, 0.15) is 0 Å². The molecule has 2 saturated heterocycles. The zero-order chi connectivity index (χ0) is 36.2. The molecule has 2 fully saturated rings. The molecule has 0 radical (unpaired) electrons. The van der Waals surface area contributed by atoms with E-state index in [1.165, 1.54) is 0 Å². The summed E-state index contributed by atoms with van der Waals surface area (Å²) < 4.78 is 18.8. The summed E-state index contributed by atoms with van der Waals surface area (Å²) in [5, 5.41) is 4.83. The number of carbonyl (C=O) groups excluding carboxylic acids is 1. The maximum absolute atomic E-state index is 14.0. The molecule has 2 aliphatic rings. The molecule has 0 bridgehead atoms. The Kier molecular flexibility index (Phi) is 10.8. The van der Waals surface area contributed by atoms with Gasteiger partial charge in [-0.15, -0.1) is 0 Å². The number of piperidine rings is 1. The lowest BCUT2D eigenvalue weighted by Crippen LogP contribution is -2.42. The highest BCUT2D eigenvalue weighted by atomic mass is 35.5. The Hall–Kier alpha value is -4.51. The fourth-order valence-electron chi connectivity index (χ4n) is 7.72. The molecule has 0 saturated carbocycles. The molecule has 7 rings (SSSR count). The summed E-state index contributed by atoms with van der Waals surface area (Å²) in [6, 6.07) is 22.0. The molecule has 3 aromatic carbocycles. The molecule has 1 unspecified atom stereocenters. The summed E-state index contributed by atoms with van der Waals surface area (Å²) in [7, 11) is 4.65. The second-order valence-electron chi connectivity index (χ2n) is 13.7. The minimum absolute atomic E-state index is 0.0809. The number of nitrogens with one attached hydrogen (secondary N) is 1. The van der Waals surface area contributed by atoms with E-state index in [0.29, 0.717) is 58.5 Å². The Labute approximate surface area is 314 Å². The van der Waals surface area contributed by atoms with E-state index in [4.69, 9.17) is 42.4 Å². The van der Waals surface area contributed by atoms with Gasteiger partial charge in [0, 0.05) is 55.6 Å². The Morgan fingerprint density at radius 1 is 0.923 bits per heavy atom. The van der Waals surface area contributed by atoms with Crippen molar-refractivity contribution in [3.05, 3.63) is 106 Å².